The number of carbonyl (C=O) groups excluding carboxylic acids is 1. The smallest absolute Gasteiger partial charge is 0.195 e. The molecule has 2 rings (SSSR count). The Morgan fingerprint density at radius 1 is 1.25 bits per heavy atom. The van der Waals surface area contributed by atoms with Gasteiger partial charge in [0, 0.05) is 16.2 Å². The van der Waals surface area contributed by atoms with Crippen molar-refractivity contribution < 1.29 is 4.79 Å². The predicted molar refractivity (Wildman–Crippen MR) is 70.1 cm³/mol. The summed E-state index contributed by atoms with van der Waals surface area (Å²) in [6.45, 7) is 0. The maximum Gasteiger partial charge on any atom is 0.195 e. The van der Waals surface area contributed by atoms with Crippen LogP contribution < -0.4 is 0 Å². The molecule has 0 spiro atoms. The zero-order chi connectivity index (χ0) is 11.5. The number of benzene rings is 1. The van der Waals surface area contributed by atoms with E-state index in [0.29, 0.717) is 5.56 Å². The quantitative estimate of drug-likeness (QED) is 0.691. The van der Waals surface area contributed by atoms with E-state index in [1.54, 1.807) is 18.0 Å². The molecule has 0 bridgehead atoms. The second kappa shape index (κ2) is 4.89. The van der Waals surface area contributed by atoms with Crippen LogP contribution in [0.3, 0.4) is 0 Å². The molecule has 0 aliphatic heterocycles. The monoisotopic (exact) mass is 295 g/mol. The lowest BCUT2D eigenvalue weighted by atomic mass is 10.1. The number of aromatic amines is 1. The minimum atomic E-state index is 0.0538. The summed E-state index contributed by atoms with van der Waals surface area (Å²) >= 11 is 4.89. The van der Waals surface area contributed by atoms with Crippen molar-refractivity contribution in [3.05, 3.63) is 52.1 Å². The van der Waals surface area contributed by atoms with Crippen LogP contribution >= 0.6 is 27.7 Å². The second-order valence-corrected chi connectivity index (χ2v) is 4.99. The van der Waals surface area contributed by atoms with Crippen molar-refractivity contribution >= 4 is 33.5 Å². The Kier molecular flexibility index (Phi) is 3.51. The summed E-state index contributed by atoms with van der Waals surface area (Å²) in [6, 6.07) is 9.21. The molecule has 0 unspecified atom stereocenters. The van der Waals surface area contributed by atoms with Crippen LogP contribution in [0.1, 0.15) is 15.9 Å². The van der Waals surface area contributed by atoms with Crippen molar-refractivity contribution in [2.24, 2.45) is 0 Å². The van der Waals surface area contributed by atoms with E-state index in [9.17, 15) is 4.79 Å². The number of ketones is 1. The standard InChI is InChI=1S/C12H10BrNOS/c1-16-12-10(6-7-14-12)11(15)8-2-4-9(13)5-3-8/h2-7,14H,1H3. The van der Waals surface area contributed by atoms with Gasteiger partial charge in [-0.15, -0.1) is 11.8 Å². The van der Waals surface area contributed by atoms with E-state index in [-0.39, 0.29) is 5.78 Å². The van der Waals surface area contributed by atoms with Gasteiger partial charge in [-0.3, -0.25) is 4.79 Å². The van der Waals surface area contributed by atoms with Gasteiger partial charge in [-0.05, 0) is 36.6 Å². The van der Waals surface area contributed by atoms with Crippen LogP contribution in [0.2, 0.25) is 0 Å². The molecule has 0 amide bonds. The number of nitrogens with one attached hydrogen (secondary N) is 1. The predicted octanol–water partition coefficient (Wildman–Crippen LogP) is 3.73. The summed E-state index contributed by atoms with van der Waals surface area (Å²) in [6.07, 6.45) is 3.74. The van der Waals surface area contributed by atoms with Gasteiger partial charge in [0.2, 0.25) is 0 Å². The van der Waals surface area contributed by atoms with E-state index in [1.807, 2.05) is 36.6 Å². The van der Waals surface area contributed by atoms with Gasteiger partial charge in [0.05, 0.1) is 10.6 Å². The van der Waals surface area contributed by atoms with Crippen molar-refractivity contribution in [3.63, 3.8) is 0 Å². The van der Waals surface area contributed by atoms with Crippen LogP contribution in [0.5, 0.6) is 0 Å². The summed E-state index contributed by atoms with van der Waals surface area (Å²) in [5, 5.41) is 0.910. The molecular formula is C12H10BrNOS. The summed E-state index contributed by atoms with van der Waals surface area (Å²) in [7, 11) is 0. The fourth-order valence-corrected chi connectivity index (χ4v) is 2.29. The van der Waals surface area contributed by atoms with Crippen molar-refractivity contribution in [1.29, 1.82) is 0 Å². The van der Waals surface area contributed by atoms with Crippen LogP contribution in [-0.4, -0.2) is 17.0 Å². The van der Waals surface area contributed by atoms with Crippen molar-refractivity contribution in [1.82, 2.24) is 4.98 Å². The van der Waals surface area contributed by atoms with Gasteiger partial charge >= 0.3 is 0 Å². The van der Waals surface area contributed by atoms with Crippen molar-refractivity contribution in [3.8, 4) is 0 Å². The van der Waals surface area contributed by atoms with Gasteiger partial charge in [0.25, 0.3) is 0 Å². The van der Waals surface area contributed by atoms with Gasteiger partial charge in [0.1, 0.15) is 0 Å². The largest absolute Gasteiger partial charge is 0.356 e. The second-order valence-electron chi connectivity index (χ2n) is 3.26. The fraction of sp³-hybridized carbons (Fsp3) is 0.0833. The Morgan fingerprint density at radius 2 is 1.94 bits per heavy atom. The molecule has 0 radical (unpaired) electrons. The number of aromatic nitrogens is 1. The van der Waals surface area contributed by atoms with Crippen molar-refractivity contribution in [2.75, 3.05) is 6.26 Å². The maximum atomic E-state index is 12.1. The topological polar surface area (TPSA) is 32.9 Å². The van der Waals surface area contributed by atoms with E-state index in [0.717, 1.165) is 15.1 Å². The highest BCUT2D eigenvalue weighted by atomic mass is 79.9. The first-order chi connectivity index (χ1) is 7.72. The molecule has 82 valence electrons. The van der Waals surface area contributed by atoms with Gasteiger partial charge in [0.15, 0.2) is 5.78 Å². The summed E-state index contributed by atoms with van der Waals surface area (Å²) in [4.78, 5) is 15.2. The summed E-state index contributed by atoms with van der Waals surface area (Å²) < 4.78 is 0.975. The molecule has 1 heterocycles. The van der Waals surface area contributed by atoms with Crippen LogP contribution in [0.4, 0.5) is 0 Å². The molecule has 4 heteroatoms. The highest BCUT2D eigenvalue weighted by Crippen LogP contribution is 2.22. The van der Waals surface area contributed by atoms with Crippen LogP contribution in [0.25, 0.3) is 0 Å². The van der Waals surface area contributed by atoms with Gasteiger partial charge in [-0.25, -0.2) is 0 Å². The third-order valence-electron chi connectivity index (χ3n) is 2.26. The first kappa shape index (κ1) is 11.5. The number of thioether (sulfide) groups is 1. The molecule has 16 heavy (non-hydrogen) atoms. The van der Waals surface area contributed by atoms with Crippen molar-refractivity contribution in [2.45, 2.75) is 5.03 Å². The molecule has 0 saturated carbocycles. The fourth-order valence-electron chi connectivity index (χ4n) is 1.46. The minimum Gasteiger partial charge on any atom is -0.356 e. The lowest BCUT2D eigenvalue weighted by Gasteiger charge is -2.01. The van der Waals surface area contributed by atoms with Crippen LogP contribution in [-0.2, 0) is 0 Å². The summed E-state index contributed by atoms with van der Waals surface area (Å²) in [5.41, 5.74) is 1.44. The lowest BCUT2D eigenvalue weighted by molar-refractivity contribution is 0.103. The van der Waals surface area contributed by atoms with E-state index < -0.39 is 0 Å². The Hall–Kier alpha value is -1.000. The molecule has 0 atom stereocenters. The Bertz CT molecular complexity index is 504. The van der Waals surface area contributed by atoms with E-state index >= 15 is 0 Å². The average molecular weight is 296 g/mol. The van der Waals surface area contributed by atoms with E-state index in [1.165, 1.54) is 0 Å². The van der Waals surface area contributed by atoms with Gasteiger partial charge in [-0.2, -0.15) is 0 Å². The number of H-pyrrole nitrogens is 1. The van der Waals surface area contributed by atoms with Gasteiger partial charge in [-0.1, -0.05) is 15.9 Å². The van der Waals surface area contributed by atoms with E-state index in [4.69, 9.17) is 0 Å². The Labute approximate surface area is 107 Å². The number of carbonyl (C=O) groups is 1. The lowest BCUT2D eigenvalue weighted by Crippen LogP contribution is -2.00. The first-order valence-corrected chi connectivity index (χ1v) is 6.76. The molecule has 0 aliphatic carbocycles. The van der Waals surface area contributed by atoms with E-state index in [2.05, 4.69) is 20.9 Å². The highest BCUT2D eigenvalue weighted by molar-refractivity contribution is 9.10. The van der Waals surface area contributed by atoms with Crippen LogP contribution in [0.15, 0.2) is 46.0 Å². The zero-order valence-electron chi connectivity index (χ0n) is 8.66. The third-order valence-corrected chi connectivity index (χ3v) is 3.54. The highest BCUT2D eigenvalue weighted by Gasteiger charge is 2.13. The number of hydrogen-bond donors (Lipinski definition) is 1. The van der Waals surface area contributed by atoms with Crippen LogP contribution in [0, 0.1) is 0 Å². The zero-order valence-corrected chi connectivity index (χ0v) is 11.1. The molecule has 0 fully saturated rings. The minimum absolute atomic E-state index is 0.0538. The average Bonchev–Trinajstić information content (AvgIpc) is 2.77. The maximum absolute atomic E-state index is 12.1. The Morgan fingerprint density at radius 3 is 2.56 bits per heavy atom. The number of rotatable bonds is 3. The molecule has 1 N–H and O–H groups in total. The van der Waals surface area contributed by atoms with Gasteiger partial charge < -0.3 is 4.98 Å². The normalized spacial score (nSPS) is 10.4. The number of halogens is 1. The number of hydrogen-bond acceptors (Lipinski definition) is 2. The molecule has 1 aromatic carbocycles. The third kappa shape index (κ3) is 2.23. The molecule has 2 aromatic rings. The molecule has 0 saturated heterocycles. The summed E-state index contributed by atoms with van der Waals surface area (Å²) in [5.74, 6) is 0.0538. The molecular weight excluding hydrogens is 286 g/mol. The molecule has 2 nitrogen and oxygen atoms in total. The molecule has 0 aliphatic rings. The first-order valence-electron chi connectivity index (χ1n) is 4.74. The molecule has 1 aromatic heterocycles. The SMILES string of the molecule is CSc1[nH]ccc1C(=O)c1ccc(Br)cc1. The Balaban J connectivity index is 2.35.